The summed E-state index contributed by atoms with van der Waals surface area (Å²) in [5.74, 6) is 0.702. The maximum absolute atomic E-state index is 11.7. The quantitative estimate of drug-likeness (QED) is 0.246. The van der Waals surface area contributed by atoms with Crippen molar-refractivity contribution in [1.82, 2.24) is 10.2 Å². The topological polar surface area (TPSA) is 45.8 Å². The number of nitrogens with one attached hydrogen (secondary N) is 1. The largest absolute Gasteiger partial charge is 0.295 e. The fourth-order valence-electron chi connectivity index (χ4n) is 4.54. The number of carbonyl (C=O) groups excluding carboxylic acids is 1. The van der Waals surface area contributed by atoms with E-state index >= 15 is 0 Å². The third-order valence-electron chi connectivity index (χ3n) is 6.61. The van der Waals surface area contributed by atoms with Crippen LogP contribution in [0.5, 0.6) is 0 Å². The maximum Gasteiger partial charge on any atom is 0.155 e. The second-order valence-corrected chi connectivity index (χ2v) is 8.73. The number of rotatable bonds is 7. The summed E-state index contributed by atoms with van der Waals surface area (Å²) in [5.41, 5.74) is 8.49. The lowest BCUT2D eigenvalue weighted by Crippen LogP contribution is -2.15. The minimum Gasteiger partial charge on any atom is -0.295 e. The molecule has 0 spiro atoms. The van der Waals surface area contributed by atoms with Crippen LogP contribution in [0.3, 0.4) is 0 Å². The van der Waals surface area contributed by atoms with Crippen LogP contribution in [0.25, 0.3) is 28.1 Å². The van der Waals surface area contributed by atoms with E-state index in [-0.39, 0.29) is 5.78 Å². The second-order valence-electron chi connectivity index (χ2n) is 8.73. The van der Waals surface area contributed by atoms with E-state index < -0.39 is 0 Å². The van der Waals surface area contributed by atoms with Gasteiger partial charge in [-0.15, -0.1) is 0 Å². The molecule has 33 heavy (non-hydrogen) atoms. The van der Waals surface area contributed by atoms with Gasteiger partial charge in [0, 0.05) is 11.8 Å². The SMILES string of the molecule is CCC(=O)/C=C/c1ccc(/C(=C(\c2ccccc2)C2CCC2)c2ccc3[nH]ncc3c2)cc1. The highest BCUT2D eigenvalue weighted by atomic mass is 16.1. The number of nitrogens with zero attached hydrogens (tertiary/aromatic N) is 1. The van der Waals surface area contributed by atoms with Crippen molar-refractivity contribution in [3.8, 4) is 0 Å². The summed E-state index contributed by atoms with van der Waals surface area (Å²) < 4.78 is 0. The van der Waals surface area contributed by atoms with Crippen LogP contribution >= 0.6 is 0 Å². The van der Waals surface area contributed by atoms with Gasteiger partial charge in [-0.25, -0.2) is 0 Å². The Kier molecular flexibility index (Phi) is 6.03. The van der Waals surface area contributed by atoms with Crippen LogP contribution in [-0.2, 0) is 4.79 Å². The molecule has 1 aliphatic carbocycles. The van der Waals surface area contributed by atoms with Gasteiger partial charge in [-0.05, 0) is 70.4 Å². The molecule has 0 radical (unpaired) electrons. The molecule has 1 heterocycles. The van der Waals surface area contributed by atoms with Gasteiger partial charge in [0.05, 0.1) is 11.7 Å². The first-order valence-electron chi connectivity index (χ1n) is 11.8. The highest BCUT2D eigenvalue weighted by Crippen LogP contribution is 2.45. The summed E-state index contributed by atoms with van der Waals surface area (Å²) in [6, 6.07) is 25.9. The van der Waals surface area contributed by atoms with Crippen molar-refractivity contribution in [3.05, 3.63) is 107 Å². The van der Waals surface area contributed by atoms with Crippen molar-refractivity contribution in [3.63, 3.8) is 0 Å². The lowest BCUT2D eigenvalue weighted by molar-refractivity contribution is -0.114. The van der Waals surface area contributed by atoms with E-state index in [1.165, 1.54) is 47.1 Å². The number of aromatic nitrogens is 2. The zero-order valence-electron chi connectivity index (χ0n) is 18.9. The number of H-pyrrole nitrogens is 1. The summed E-state index contributed by atoms with van der Waals surface area (Å²) >= 11 is 0. The number of hydrogen-bond donors (Lipinski definition) is 1. The monoisotopic (exact) mass is 432 g/mol. The summed E-state index contributed by atoms with van der Waals surface area (Å²) in [5, 5.41) is 8.40. The third-order valence-corrected chi connectivity index (χ3v) is 6.61. The Labute approximate surface area is 194 Å². The number of hydrogen-bond acceptors (Lipinski definition) is 2. The Morgan fingerprint density at radius 3 is 2.42 bits per heavy atom. The van der Waals surface area contributed by atoms with Gasteiger partial charge >= 0.3 is 0 Å². The molecular formula is C30H28N2O. The number of aromatic amines is 1. The van der Waals surface area contributed by atoms with Gasteiger partial charge in [0.25, 0.3) is 0 Å². The van der Waals surface area contributed by atoms with Crippen LogP contribution < -0.4 is 0 Å². The smallest absolute Gasteiger partial charge is 0.155 e. The van der Waals surface area contributed by atoms with Crippen LogP contribution in [0.4, 0.5) is 0 Å². The Bertz CT molecular complexity index is 1320. The number of ketones is 1. The van der Waals surface area contributed by atoms with Crippen LogP contribution in [0.15, 0.2) is 85.1 Å². The second kappa shape index (κ2) is 9.41. The zero-order valence-corrected chi connectivity index (χ0v) is 18.9. The molecule has 1 N–H and O–H groups in total. The molecule has 0 amide bonds. The summed E-state index contributed by atoms with van der Waals surface area (Å²) in [6.07, 6.45) is 9.72. The van der Waals surface area contributed by atoms with Gasteiger partial charge in [-0.3, -0.25) is 9.89 Å². The average Bonchev–Trinajstić information content (AvgIpc) is 3.30. The van der Waals surface area contributed by atoms with Gasteiger partial charge in [-0.2, -0.15) is 5.10 Å². The lowest BCUT2D eigenvalue weighted by Gasteiger charge is -2.31. The minimum atomic E-state index is 0.143. The number of carbonyl (C=O) groups is 1. The molecule has 0 unspecified atom stereocenters. The van der Waals surface area contributed by atoms with E-state index in [0.717, 1.165) is 16.5 Å². The van der Waals surface area contributed by atoms with Crippen LogP contribution in [-0.4, -0.2) is 16.0 Å². The highest BCUT2D eigenvalue weighted by molar-refractivity contribution is 6.01. The molecule has 3 aromatic carbocycles. The van der Waals surface area contributed by atoms with E-state index in [1.54, 1.807) is 6.08 Å². The first-order chi connectivity index (χ1) is 16.2. The van der Waals surface area contributed by atoms with Crippen molar-refractivity contribution >= 4 is 33.9 Å². The van der Waals surface area contributed by atoms with E-state index in [2.05, 4.69) is 83.0 Å². The molecule has 5 rings (SSSR count). The van der Waals surface area contributed by atoms with Crippen molar-refractivity contribution in [2.45, 2.75) is 32.6 Å². The molecule has 1 saturated carbocycles. The molecule has 3 nitrogen and oxygen atoms in total. The fourth-order valence-corrected chi connectivity index (χ4v) is 4.54. The van der Waals surface area contributed by atoms with Crippen molar-refractivity contribution in [2.24, 2.45) is 5.92 Å². The Hall–Kier alpha value is -3.72. The Morgan fingerprint density at radius 2 is 1.73 bits per heavy atom. The van der Waals surface area contributed by atoms with E-state index in [4.69, 9.17) is 0 Å². The molecule has 4 aromatic rings. The zero-order chi connectivity index (χ0) is 22.6. The summed E-state index contributed by atoms with van der Waals surface area (Å²) in [7, 11) is 0. The molecule has 1 aromatic heterocycles. The standard InChI is InChI=1S/C30H28N2O/c1-2-27(33)17-13-21-11-14-24(15-12-21)30(25-16-18-28-26(19-25)20-31-32-28)29(23-9-6-10-23)22-7-4-3-5-8-22/h3-5,7-8,11-20,23H,2,6,9-10H2,1H3,(H,31,32)/b17-13+,30-29-. The highest BCUT2D eigenvalue weighted by Gasteiger charge is 2.27. The lowest BCUT2D eigenvalue weighted by atomic mass is 9.73. The molecular weight excluding hydrogens is 404 g/mol. The van der Waals surface area contributed by atoms with Gasteiger partial charge in [0.15, 0.2) is 5.78 Å². The molecule has 0 bridgehead atoms. The molecule has 0 aliphatic heterocycles. The maximum atomic E-state index is 11.7. The van der Waals surface area contributed by atoms with Crippen molar-refractivity contribution in [1.29, 1.82) is 0 Å². The molecule has 1 aliphatic rings. The molecule has 164 valence electrons. The number of fused-ring (bicyclic) bond motifs is 1. The summed E-state index contributed by atoms with van der Waals surface area (Å²) in [4.78, 5) is 11.7. The predicted molar refractivity (Wildman–Crippen MR) is 137 cm³/mol. The summed E-state index contributed by atoms with van der Waals surface area (Å²) in [6.45, 7) is 1.88. The molecule has 3 heteroatoms. The van der Waals surface area contributed by atoms with Crippen LogP contribution in [0, 0.1) is 5.92 Å². The van der Waals surface area contributed by atoms with Crippen LogP contribution in [0.2, 0.25) is 0 Å². The van der Waals surface area contributed by atoms with E-state index in [1.807, 2.05) is 19.2 Å². The van der Waals surface area contributed by atoms with Gasteiger partial charge < -0.3 is 0 Å². The number of allylic oxidation sites excluding steroid dienone is 2. The average molecular weight is 433 g/mol. The van der Waals surface area contributed by atoms with E-state index in [0.29, 0.717) is 12.3 Å². The Morgan fingerprint density at radius 1 is 0.970 bits per heavy atom. The van der Waals surface area contributed by atoms with Gasteiger partial charge in [0.1, 0.15) is 0 Å². The van der Waals surface area contributed by atoms with Crippen molar-refractivity contribution in [2.75, 3.05) is 0 Å². The van der Waals surface area contributed by atoms with Crippen molar-refractivity contribution < 1.29 is 4.79 Å². The molecule has 0 saturated heterocycles. The van der Waals surface area contributed by atoms with Gasteiger partial charge in [-0.1, -0.05) is 80.1 Å². The normalized spacial score (nSPS) is 14.9. The van der Waals surface area contributed by atoms with Gasteiger partial charge in [0.2, 0.25) is 0 Å². The fraction of sp³-hybridized carbons (Fsp3) is 0.200. The van der Waals surface area contributed by atoms with Crippen LogP contribution in [0.1, 0.15) is 54.9 Å². The van der Waals surface area contributed by atoms with E-state index in [9.17, 15) is 4.79 Å². The number of benzene rings is 3. The molecule has 1 fully saturated rings. The minimum absolute atomic E-state index is 0.143. The first kappa shape index (κ1) is 21.1. The Balaban J connectivity index is 1.68. The molecule has 0 atom stereocenters. The first-order valence-corrected chi connectivity index (χ1v) is 11.8. The third kappa shape index (κ3) is 4.45. The predicted octanol–water partition coefficient (Wildman–Crippen LogP) is 7.31.